The number of rotatable bonds is 0. The topological polar surface area (TPSA) is 34.3 Å². The molecule has 0 aromatic carbocycles. The van der Waals surface area contributed by atoms with Gasteiger partial charge in [0.2, 0.25) is 5.52 Å². The van der Waals surface area contributed by atoms with Crippen LogP contribution in [0.5, 0.6) is 0 Å². The smallest absolute Gasteiger partial charge is 0.227 e. The van der Waals surface area contributed by atoms with Crippen molar-refractivity contribution < 1.29 is 4.98 Å². The SMILES string of the molecule is c1ccn2cc3[nH+]cccc3cc2c[nH]c1. The third-order valence-electron chi connectivity index (χ3n) is 2.57. The summed E-state index contributed by atoms with van der Waals surface area (Å²) in [5.41, 5.74) is 2.24. The number of H-pyrrole nitrogens is 2. The van der Waals surface area contributed by atoms with Gasteiger partial charge in [0, 0.05) is 24.7 Å². The molecule has 0 aliphatic heterocycles. The summed E-state index contributed by atoms with van der Waals surface area (Å²) in [5, 5.41) is 1.20. The molecule has 3 heterocycles. The Balaban J connectivity index is 2.48. The molecule has 0 amide bonds. The van der Waals surface area contributed by atoms with Gasteiger partial charge in [0.25, 0.3) is 0 Å². The molecular formula is C13H12N3+. The quantitative estimate of drug-likeness (QED) is 0.591. The van der Waals surface area contributed by atoms with E-state index in [1.54, 1.807) is 0 Å². The second-order valence-electron chi connectivity index (χ2n) is 3.66. The van der Waals surface area contributed by atoms with E-state index in [0.717, 1.165) is 11.0 Å². The Kier molecular flexibility index (Phi) is 2.07. The number of aromatic nitrogens is 3. The van der Waals surface area contributed by atoms with Crippen LogP contribution in [-0.4, -0.2) is 9.38 Å². The van der Waals surface area contributed by atoms with Crippen molar-refractivity contribution in [1.82, 2.24) is 9.38 Å². The van der Waals surface area contributed by atoms with Gasteiger partial charge in [-0.15, -0.1) is 0 Å². The van der Waals surface area contributed by atoms with Crippen LogP contribution in [0.3, 0.4) is 0 Å². The molecular weight excluding hydrogens is 198 g/mol. The van der Waals surface area contributed by atoms with Gasteiger partial charge >= 0.3 is 0 Å². The third kappa shape index (κ3) is 1.52. The van der Waals surface area contributed by atoms with Crippen LogP contribution in [0.25, 0.3) is 16.4 Å². The molecule has 0 atom stereocenters. The van der Waals surface area contributed by atoms with Crippen molar-refractivity contribution in [3.63, 3.8) is 0 Å². The molecule has 0 spiro atoms. The number of aromatic amines is 2. The van der Waals surface area contributed by atoms with Gasteiger partial charge in [-0.1, -0.05) is 0 Å². The van der Waals surface area contributed by atoms with E-state index in [1.807, 2.05) is 43.0 Å². The second-order valence-corrected chi connectivity index (χ2v) is 3.66. The summed E-state index contributed by atoms with van der Waals surface area (Å²) in [6.45, 7) is 0. The molecule has 78 valence electrons. The monoisotopic (exact) mass is 210 g/mol. The van der Waals surface area contributed by atoms with Gasteiger partial charge in [0.15, 0.2) is 6.20 Å². The summed E-state index contributed by atoms with van der Waals surface area (Å²) < 4.78 is 2.08. The lowest BCUT2D eigenvalue weighted by atomic mass is 10.2. The summed E-state index contributed by atoms with van der Waals surface area (Å²) in [7, 11) is 0. The van der Waals surface area contributed by atoms with Crippen LogP contribution in [-0.2, 0) is 0 Å². The Bertz CT molecular complexity index is 617. The van der Waals surface area contributed by atoms with Crippen molar-refractivity contribution >= 4 is 16.4 Å². The lowest BCUT2D eigenvalue weighted by Crippen LogP contribution is -2.02. The number of nitrogens with zero attached hydrogens (tertiary/aromatic N) is 1. The number of pyridine rings is 2. The van der Waals surface area contributed by atoms with Crippen LogP contribution in [0.1, 0.15) is 0 Å². The largest absolute Gasteiger partial charge is 0.366 e. The van der Waals surface area contributed by atoms with Crippen molar-refractivity contribution in [2.24, 2.45) is 0 Å². The van der Waals surface area contributed by atoms with Crippen molar-refractivity contribution in [3.8, 4) is 0 Å². The number of nitrogens with one attached hydrogen (secondary N) is 2. The minimum atomic E-state index is 1.12. The summed E-state index contributed by atoms with van der Waals surface area (Å²) in [6, 6.07) is 10.2. The highest BCUT2D eigenvalue weighted by Gasteiger charge is 1.99. The van der Waals surface area contributed by atoms with Crippen molar-refractivity contribution in [2.45, 2.75) is 0 Å². The van der Waals surface area contributed by atoms with E-state index < -0.39 is 0 Å². The highest BCUT2D eigenvalue weighted by atomic mass is 14.9. The zero-order valence-corrected chi connectivity index (χ0v) is 8.72. The van der Waals surface area contributed by atoms with E-state index in [1.165, 1.54) is 5.39 Å². The zero-order chi connectivity index (χ0) is 10.8. The molecule has 0 aliphatic carbocycles. The first-order chi connectivity index (χ1) is 7.93. The molecule has 0 unspecified atom stereocenters. The maximum Gasteiger partial charge on any atom is 0.227 e. The van der Waals surface area contributed by atoms with E-state index >= 15 is 0 Å². The van der Waals surface area contributed by atoms with E-state index in [4.69, 9.17) is 0 Å². The normalized spacial score (nSPS) is 10.5. The molecule has 0 bridgehead atoms. The Morgan fingerprint density at radius 3 is 3.19 bits per heavy atom. The minimum absolute atomic E-state index is 1.12. The molecule has 16 heavy (non-hydrogen) atoms. The molecule has 2 N–H and O–H groups in total. The molecule has 0 saturated carbocycles. The maximum atomic E-state index is 3.23. The van der Waals surface area contributed by atoms with Gasteiger partial charge < -0.3 is 9.38 Å². The van der Waals surface area contributed by atoms with Crippen LogP contribution in [0.4, 0.5) is 0 Å². The summed E-state index contributed by atoms with van der Waals surface area (Å²) >= 11 is 0. The van der Waals surface area contributed by atoms with Crippen LogP contribution >= 0.6 is 0 Å². The van der Waals surface area contributed by atoms with E-state index in [9.17, 15) is 0 Å². The molecule has 3 heteroatoms. The third-order valence-corrected chi connectivity index (χ3v) is 2.57. The summed E-state index contributed by atoms with van der Waals surface area (Å²) in [4.78, 5) is 6.35. The van der Waals surface area contributed by atoms with Gasteiger partial charge in [-0.3, -0.25) is 0 Å². The van der Waals surface area contributed by atoms with Crippen LogP contribution in [0.2, 0.25) is 0 Å². The molecule has 3 aromatic rings. The van der Waals surface area contributed by atoms with E-state index in [2.05, 4.69) is 32.7 Å². The van der Waals surface area contributed by atoms with Crippen LogP contribution < -0.4 is 4.98 Å². The first kappa shape index (κ1) is 8.97. The van der Waals surface area contributed by atoms with Crippen LogP contribution in [0.15, 0.2) is 61.3 Å². The molecule has 3 aromatic heterocycles. The number of hydrogen-bond acceptors (Lipinski definition) is 0. The van der Waals surface area contributed by atoms with Crippen molar-refractivity contribution in [2.75, 3.05) is 0 Å². The van der Waals surface area contributed by atoms with E-state index in [0.29, 0.717) is 0 Å². The van der Waals surface area contributed by atoms with Gasteiger partial charge in [-0.05, 0) is 24.3 Å². The fourth-order valence-corrected chi connectivity index (χ4v) is 1.78. The minimum Gasteiger partial charge on any atom is -0.366 e. The first-order valence-electron chi connectivity index (χ1n) is 5.22. The standard InChI is InChI=1S/C13H11N3/c1-2-7-16-10-13-11(4-3-6-15-13)8-12(16)9-14-5-1/h1-10,14H/p+1. The van der Waals surface area contributed by atoms with Gasteiger partial charge in [-0.25, -0.2) is 4.98 Å². The van der Waals surface area contributed by atoms with Crippen molar-refractivity contribution in [1.29, 1.82) is 0 Å². The summed E-state index contributed by atoms with van der Waals surface area (Å²) in [6.07, 6.45) is 9.93. The number of hydrogen-bond donors (Lipinski definition) is 1. The fraction of sp³-hybridized carbons (Fsp3) is 0. The first-order valence-corrected chi connectivity index (χ1v) is 5.22. The Morgan fingerprint density at radius 1 is 1.19 bits per heavy atom. The van der Waals surface area contributed by atoms with E-state index in [-0.39, 0.29) is 0 Å². The zero-order valence-electron chi connectivity index (χ0n) is 8.72. The molecule has 0 saturated heterocycles. The fourth-order valence-electron chi connectivity index (χ4n) is 1.78. The van der Waals surface area contributed by atoms with Crippen molar-refractivity contribution in [3.05, 3.63) is 61.3 Å². The molecule has 3 nitrogen and oxygen atoms in total. The van der Waals surface area contributed by atoms with Gasteiger partial charge in [0.05, 0.1) is 17.1 Å². The predicted molar refractivity (Wildman–Crippen MR) is 63.4 cm³/mol. The molecule has 0 radical (unpaired) electrons. The Hall–Kier alpha value is -2.29. The van der Waals surface area contributed by atoms with Crippen LogP contribution in [0, 0.1) is 0 Å². The predicted octanol–water partition coefficient (Wildman–Crippen LogP) is 2.36. The van der Waals surface area contributed by atoms with Gasteiger partial charge in [0.1, 0.15) is 0 Å². The van der Waals surface area contributed by atoms with Gasteiger partial charge in [-0.2, -0.15) is 0 Å². The lowest BCUT2D eigenvalue weighted by molar-refractivity contribution is -0.344. The average molecular weight is 210 g/mol. The highest BCUT2D eigenvalue weighted by molar-refractivity contribution is 5.79. The Morgan fingerprint density at radius 2 is 2.19 bits per heavy atom. The molecule has 0 aliphatic rings. The second kappa shape index (κ2) is 3.70. The molecule has 3 rings (SSSR count). The Labute approximate surface area is 92.7 Å². The average Bonchev–Trinajstić information content (AvgIpc) is 2.29. The highest BCUT2D eigenvalue weighted by Crippen LogP contribution is 2.10. The lowest BCUT2D eigenvalue weighted by Gasteiger charge is -1.98. The maximum absolute atomic E-state index is 3.23. The summed E-state index contributed by atoms with van der Waals surface area (Å²) in [5.74, 6) is 0. The molecule has 0 fully saturated rings. The number of fused-ring (bicyclic) bond motifs is 2.